The van der Waals surface area contributed by atoms with Gasteiger partial charge in [-0.2, -0.15) is 0 Å². The largest absolute Gasteiger partial charge is 0.368 e. The molecule has 0 radical (unpaired) electrons. The average molecular weight is 616 g/mol. The van der Waals surface area contributed by atoms with Gasteiger partial charge in [-0.05, 0) is 71.5 Å². The summed E-state index contributed by atoms with van der Waals surface area (Å²) in [5.74, 6) is -0.958. The predicted octanol–water partition coefficient (Wildman–Crippen LogP) is 7.34. The molecule has 1 aliphatic heterocycles. The Labute approximate surface area is 270 Å². The Morgan fingerprint density at radius 3 is 1.52 bits per heavy atom. The van der Waals surface area contributed by atoms with Crippen molar-refractivity contribution in [1.29, 1.82) is 0 Å². The Morgan fingerprint density at radius 2 is 1.11 bits per heavy atom. The summed E-state index contributed by atoms with van der Waals surface area (Å²) in [5, 5.41) is 0. The smallest absolute Gasteiger partial charge is 0.236 e. The third-order valence-corrected chi connectivity index (χ3v) is 9.35. The standard InChI is InChI=1S/C40H39F2N3O/c41-35-22-18-30(19-23-35)37(31-20-24-36(42)25-21-31)17-10-26-44-27-28-45(29-38(44)39(43)46)40(32-11-4-1-5-12-32,33-13-6-2-7-14-33)34-15-8-3-9-16-34/h1-9,11-16,18-25,37-38H,10,17,26-29H2,(H2,43,46). The van der Waals surface area contributed by atoms with Crippen LogP contribution < -0.4 is 5.73 Å². The molecular formula is C40H39F2N3O. The van der Waals surface area contributed by atoms with E-state index in [-0.39, 0.29) is 23.5 Å². The number of carbonyl (C=O) groups excluding carboxylic acids is 1. The molecule has 1 aliphatic rings. The van der Waals surface area contributed by atoms with Crippen LogP contribution in [0.25, 0.3) is 0 Å². The van der Waals surface area contributed by atoms with Gasteiger partial charge in [0.25, 0.3) is 0 Å². The summed E-state index contributed by atoms with van der Waals surface area (Å²) in [7, 11) is 0. The zero-order chi connectivity index (χ0) is 31.9. The number of amides is 1. The van der Waals surface area contributed by atoms with Gasteiger partial charge in [0, 0.05) is 25.6 Å². The molecule has 1 atom stereocenters. The van der Waals surface area contributed by atoms with E-state index in [1.807, 2.05) is 18.2 Å². The molecule has 0 aromatic heterocycles. The Kier molecular flexibility index (Phi) is 9.67. The fourth-order valence-electron chi connectivity index (χ4n) is 7.16. The number of carbonyl (C=O) groups is 1. The van der Waals surface area contributed by atoms with E-state index in [1.54, 1.807) is 24.3 Å². The van der Waals surface area contributed by atoms with Crippen molar-refractivity contribution in [2.75, 3.05) is 26.2 Å². The Hall–Kier alpha value is -4.65. The van der Waals surface area contributed by atoms with E-state index in [2.05, 4.69) is 82.6 Å². The van der Waals surface area contributed by atoms with Crippen molar-refractivity contribution in [3.05, 3.63) is 179 Å². The number of hydrogen-bond donors (Lipinski definition) is 1. The highest BCUT2D eigenvalue weighted by Crippen LogP contribution is 2.43. The fourth-order valence-corrected chi connectivity index (χ4v) is 7.16. The lowest BCUT2D eigenvalue weighted by molar-refractivity contribution is -0.126. The SMILES string of the molecule is NC(=O)C1CN(C(c2ccccc2)(c2ccccc2)c2ccccc2)CCN1CCCC(c1ccc(F)cc1)c1ccc(F)cc1. The van der Waals surface area contributed by atoms with E-state index in [1.165, 1.54) is 24.3 Å². The first-order valence-electron chi connectivity index (χ1n) is 15.9. The van der Waals surface area contributed by atoms with Gasteiger partial charge in [0.15, 0.2) is 0 Å². The van der Waals surface area contributed by atoms with E-state index in [9.17, 15) is 13.6 Å². The van der Waals surface area contributed by atoms with Gasteiger partial charge in [-0.3, -0.25) is 14.6 Å². The van der Waals surface area contributed by atoms with Crippen LogP contribution in [-0.4, -0.2) is 47.9 Å². The minimum Gasteiger partial charge on any atom is -0.368 e. The van der Waals surface area contributed by atoms with Crippen molar-refractivity contribution >= 4 is 5.91 Å². The van der Waals surface area contributed by atoms with Crippen molar-refractivity contribution in [3.63, 3.8) is 0 Å². The molecule has 4 nitrogen and oxygen atoms in total. The van der Waals surface area contributed by atoms with Gasteiger partial charge in [0.1, 0.15) is 17.7 Å². The van der Waals surface area contributed by atoms with Crippen LogP contribution in [0.1, 0.15) is 46.6 Å². The maximum absolute atomic E-state index is 13.8. The second-order valence-electron chi connectivity index (χ2n) is 12.0. The molecule has 0 spiro atoms. The summed E-state index contributed by atoms with van der Waals surface area (Å²) in [6, 6.07) is 44.0. The van der Waals surface area contributed by atoms with Gasteiger partial charge < -0.3 is 5.73 Å². The molecule has 5 aromatic rings. The van der Waals surface area contributed by atoms with Crippen LogP contribution in [0, 0.1) is 11.6 Å². The fraction of sp³-hybridized carbons (Fsp3) is 0.225. The maximum Gasteiger partial charge on any atom is 0.236 e. The van der Waals surface area contributed by atoms with Crippen molar-refractivity contribution in [3.8, 4) is 0 Å². The number of nitrogens with zero attached hydrogens (tertiary/aromatic N) is 2. The van der Waals surface area contributed by atoms with Crippen molar-refractivity contribution < 1.29 is 13.6 Å². The van der Waals surface area contributed by atoms with E-state index in [4.69, 9.17) is 5.73 Å². The van der Waals surface area contributed by atoms with E-state index in [0.717, 1.165) is 47.2 Å². The molecule has 0 saturated carbocycles. The first-order valence-corrected chi connectivity index (χ1v) is 15.9. The van der Waals surface area contributed by atoms with Crippen LogP contribution in [0.3, 0.4) is 0 Å². The van der Waals surface area contributed by atoms with Crippen LogP contribution in [0.4, 0.5) is 8.78 Å². The van der Waals surface area contributed by atoms with Gasteiger partial charge in [0.05, 0.1) is 5.54 Å². The molecular weight excluding hydrogens is 576 g/mol. The number of primary amides is 1. The third-order valence-electron chi connectivity index (χ3n) is 9.35. The Balaban J connectivity index is 1.28. The van der Waals surface area contributed by atoms with Gasteiger partial charge in [-0.25, -0.2) is 8.78 Å². The molecule has 0 bridgehead atoms. The monoisotopic (exact) mass is 615 g/mol. The second-order valence-corrected chi connectivity index (χ2v) is 12.0. The molecule has 1 amide bonds. The number of nitrogens with two attached hydrogens (primary N) is 1. The zero-order valence-corrected chi connectivity index (χ0v) is 25.8. The van der Waals surface area contributed by atoms with E-state index >= 15 is 0 Å². The molecule has 1 unspecified atom stereocenters. The highest BCUT2D eigenvalue weighted by Gasteiger charge is 2.46. The quantitative estimate of drug-likeness (QED) is 0.158. The number of benzene rings is 5. The highest BCUT2D eigenvalue weighted by atomic mass is 19.1. The summed E-state index contributed by atoms with van der Waals surface area (Å²) in [6.45, 7) is 2.53. The first kappa shape index (κ1) is 31.3. The lowest BCUT2D eigenvalue weighted by Crippen LogP contribution is -2.63. The molecule has 6 rings (SSSR count). The molecule has 6 heteroatoms. The van der Waals surface area contributed by atoms with Gasteiger partial charge >= 0.3 is 0 Å². The van der Waals surface area contributed by atoms with Gasteiger partial charge in [-0.15, -0.1) is 0 Å². The lowest BCUT2D eigenvalue weighted by Gasteiger charge is -2.51. The van der Waals surface area contributed by atoms with Crippen LogP contribution >= 0.6 is 0 Å². The van der Waals surface area contributed by atoms with Gasteiger partial charge in [0.2, 0.25) is 5.91 Å². The summed E-state index contributed by atoms with van der Waals surface area (Å²) in [5.41, 5.74) is 10.9. The Morgan fingerprint density at radius 1 is 0.674 bits per heavy atom. The predicted molar refractivity (Wildman–Crippen MR) is 179 cm³/mol. The van der Waals surface area contributed by atoms with E-state index in [0.29, 0.717) is 19.6 Å². The molecule has 1 fully saturated rings. The number of halogens is 2. The lowest BCUT2D eigenvalue weighted by atomic mass is 9.75. The summed E-state index contributed by atoms with van der Waals surface area (Å²) in [4.78, 5) is 17.8. The molecule has 1 saturated heterocycles. The summed E-state index contributed by atoms with van der Waals surface area (Å²) >= 11 is 0. The van der Waals surface area contributed by atoms with Crippen LogP contribution in [0.15, 0.2) is 140 Å². The molecule has 234 valence electrons. The molecule has 46 heavy (non-hydrogen) atoms. The van der Waals surface area contributed by atoms with Crippen LogP contribution in [-0.2, 0) is 10.3 Å². The van der Waals surface area contributed by atoms with Crippen molar-refractivity contribution in [2.24, 2.45) is 5.73 Å². The highest BCUT2D eigenvalue weighted by molar-refractivity contribution is 5.80. The van der Waals surface area contributed by atoms with Crippen molar-refractivity contribution in [1.82, 2.24) is 9.80 Å². The number of piperazine rings is 1. The molecule has 1 heterocycles. The average Bonchev–Trinajstić information content (AvgIpc) is 3.10. The zero-order valence-electron chi connectivity index (χ0n) is 25.8. The molecule has 2 N–H and O–H groups in total. The van der Waals surface area contributed by atoms with Crippen LogP contribution in [0.5, 0.6) is 0 Å². The number of hydrogen-bond acceptors (Lipinski definition) is 3. The Bertz CT molecular complexity index is 1560. The first-order chi connectivity index (χ1) is 22.5. The summed E-state index contributed by atoms with van der Waals surface area (Å²) in [6.07, 6.45) is 1.54. The van der Waals surface area contributed by atoms with Crippen LogP contribution in [0.2, 0.25) is 0 Å². The van der Waals surface area contributed by atoms with E-state index < -0.39 is 11.6 Å². The normalized spacial score (nSPS) is 16.0. The molecule has 5 aromatic carbocycles. The minimum atomic E-state index is -0.625. The number of rotatable bonds is 11. The third kappa shape index (κ3) is 6.50. The van der Waals surface area contributed by atoms with Crippen molar-refractivity contribution in [2.45, 2.75) is 30.3 Å². The van der Waals surface area contributed by atoms with Gasteiger partial charge in [-0.1, -0.05) is 115 Å². The minimum absolute atomic E-state index is 0.0311. The second kappa shape index (κ2) is 14.2. The maximum atomic E-state index is 13.8. The molecule has 0 aliphatic carbocycles. The summed E-state index contributed by atoms with van der Waals surface area (Å²) < 4.78 is 27.5. The topological polar surface area (TPSA) is 49.6 Å².